The molecule has 0 unspecified atom stereocenters. The van der Waals surface area contributed by atoms with Gasteiger partial charge >= 0.3 is 0 Å². The van der Waals surface area contributed by atoms with Gasteiger partial charge in [-0.1, -0.05) is 30.3 Å². The molecule has 0 aliphatic carbocycles. The summed E-state index contributed by atoms with van der Waals surface area (Å²) in [5, 5.41) is 2.33. The molecule has 0 spiro atoms. The molecule has 0 aliphatic heterocycles. The fraction of sp³-hybridized carbons (Fsp3) is 0.375. The van der Waals surface area contributed by atoms with Gasteiger partial charge in [0.25, 0.3) is 0 Å². The van der Waals surface area contributed by atoms with E-state index >= 15 is 0 Å². The van der Waals surface area contributed by atoms with Crippen molar-refractivity contribution in [3.63, 3.8) is 0 Å². The van der Waals surface area contributed by atoms with Gasteiger partial charge in [-0.05, 0) is 43.2 Å². The largest absolute Gasteiger partial charge is 0.379 e. The van der Waals surface area contributed by atoms with E-state index in [2.05, 4.69) is 12.1 Å². The third-order valence-corrected chi connectivity index (χ3v) is 4.35. The molecule has 0 bridgehead atoms. The van der Waals surface area contributed by atoms with Crippen molar-refractivity contribution < 1.29 is 8.95 Å². The van der Waals surface area contributed by atoms with Crippen molar-refractivity contribution in [2.45, 2.75) is 31.3 Å². The van der Waals surface area contributed by atoms with Gasteiger partial charge in [-0.25, -0.2) is 0 Å². The molecule has 0 fully saturated rings. The molecule has 2 aromatic rings. The number of fused-ring (bicyclic) bond motifs is 1. The first kappa shape index (κ1) is 14.2. The normalized spacial score (nSPS) is 13.0. The van der Waals surface area contributed by atoms with Gasteiger partial charge in [-0.3, -0.25) is 4.21 Å². The van der Waals surface area contributed by atoms with Crippen LogP contribution in [0.5, 0.6) is 0 Å². The minimum absolute atomic E-state index is 0.245. The van der Waals surface area contributed by atoms with Gasteiger partial charge < -0.3 is 4.74 Å². The third kappa shape index (κ3) is 4.15. The monoisotopic (exact) mass is 276 g/mol. The van der Waals surface area contributed by atoms with Crippen molar-refractivity contribution in [2.24, 2.45) is 0 Å². The van der Waals surface area contributed by atoms with Crippen molar-refractivity contribution in [2.75, 3.05) is 12.4 Å². The molecule has 0 saturated carbocycles. The highest BCUT2D eigenvalue weighted by Crippen LogP contribution is 2.18. The maximum Gasteiger partial charge on any atom is 0.0530 e. The highest BCUT2D eigenvalue weighted by molar-refractivity contribution is 7.85. The summed E-state index contributed by atoms with van der Waals surface area (Å²) in [6, 6.07) is 14.2. The molecule has 0 aromatic heterocycles. The average Bonchev–Trinajstić information content (AvgIpc) is 2.42. The summed E-state index contributed by atoms with van der Waals surface area (Å²) in [6.45, 7) is 4.71. The minimum atomic E-state index is -0.934. The maximum absolute atomic E-state index is 12.2. The van der Waals surface area contributed by atoms with Crippen molar-refractivity contribution in [3.05, 3.63) is 42.5 Å². The Morgan fingerprint density at radius 1 is 1.11 bits per heavy atom. The molecule has 2 rings (SSSR count). The van der Waals surface area contributed by atoms with Crippen LogP contribution in [-0.4, -0.2) is 22.7 Å². The van der Waals surface area contributed by atoms with Crippen LogP contribution in [0.1, 0.15) is 20.3 Å². The molecule has 1 atom stereocenters. The maximum atomic E-state index is 12.2. The molecule has 19 heavy (non-hydrogen) atoms. The summed E-state index contributed by atoms with van der Waals surface area (Å²) in [4.78, 5) is 0.906. The quantitative estimate of drug-likeness (QED) is 0.751. The molecule has 3 heteroatoms. The molecule has 0 heterocycles. The summed E-state index contributed by atoms with van der Waals surface area (Å²) in [7, 11) is -0.934. The first-order chi connectivity index (χ1) is 9.16. The topological polar surface area (TPSA) is 26.3 Å². The molecule has 102 valence electrons. The van der Waals surface area contributed by atoms with Crippen LogP contribution in [0.2, 0.25) is 0 Å². The zero-order chi connectivity index (χ0) is 13.7. The zero-order valence-corrected chi connectivity index (χ0v) is 12.3. The predicted octanol–water partition coefficient (Wildman–Crippen LogP) is 3.76. The number of rotatable bonds is 6. The highest BCUT2D eigenvalue weighted by atomic mass is 32.2. The van der Waals surface area contributed by atoms with Gasteiger partial charge in [-0.2, -0.15) is 0 Å². The van der Waals surface area contributed by atoms with Crippen LogP contribution >= 0.6 is 0 Å². The van der Waals surface area contributed by atoms with Gasteiger partial charge in [0.1, 0.15) is 0 Å². The fourth-order valence-electron chi connectivity index (χ4n) is 1.94. The second kappa shape index (κ2) is 6.83. The fourth-order valence-corrected chi connectivity index (χ4v) is 3.03. The first-order valence-electron chi connectivity index (χ1n) is 6.65. The van der Waals surface area contributed by atoms with E-state index < -0.39 is 10.8 Å². The molecule has 2 aromatic carbocycles. The Balaban J connectivity index is 1.97. The van der Waals surface area contributed by atoms with Gasteiger partial charge in [0.15, 0.2) is 0 Å². The van der Waals surface area contributed by atoms with Gasteiger partial charge in [-0.15, -0.1) is 0 Å². The van der Waals surface area contributed by atoms with E-state index in [1.807, 2.05) is 44.2 Å². The number of hydrogen-bond acceptors (Lipinski definition) is 2. The van der Waals surface area contributed by atoms with E-state index in [4.69, 9.17) is 4.74 Å². The van der Waals surface area contributed by atoms with Crippen LogP contribution < -0.4 is 0 Å². The van der Waals surface area contributed by atoms with Crippen LogP contribution in [0.15, 0.2) is 47.4 Å². The number of ether oxygens (including phenoxy) is 1. The van der Waals surface area contributed by atoms with Crippen molar-refractivity contribution in [1.29, 1.82) is 0 Å². The van der Waals surface area contributed by atoms with Crippen molar-refractivity contribution >= 4 is 21.6 Å². The molecule has 0 aliphatic rings. The Hall–Kier alpha value is -1.19. The summed E-state index contributed by atoms with van der Waals surface area (Å²) in [5.41, 5.74) is 0. The standard InChI is InChI=1S/C16H20O2S/c1-13(2)18-10-5-11-19(17)16-9-8-14-6-3-4-7-15(14)12-16/h3-4,6-9,12-13H,5,10-11H2,1-2H3/t19-/m0/s1. The Labute approximate surface area is 117 Å². The third-order valence-electron chi connectivity index (χ3n) is 2.91. The highest BCUT2D eigenvalue weighted by Gasteiger charge is 2.05. The Bertz CT molecular complexity index is 563. The van der Waals surface area contributed by atoms with E-state index in [1.165, 1.54) is 5.39 Å². The molecule has 0 amide bonds. The SMILES string of the molecule is CC(C)OCCC[S@](=O)c1ccc2ccccc2c1. The summed E-state index contributed by atoms with van der Waals surface area (Å²) < 4.78 is 17.7. The van der Waals surface area contributed by atoms with Gasteiger partial charge in [0.2, 0.25) is 0 Å². The van der Waals surface area contributed by atoms with Crippen LogP contribution in [0.3, 0.4) is 0 Å². The lowest BCUT2D eigenvalue weighted by atomic mass is 10.1. The molecule has 0 radical (unpaired) electrons. The lowest BCUT2D eigenvalue weighted by Crippen LogP contribution is -2.07. The second-order valence-electron chi connectivity index (χ2n) is 4.83. The van der Waals surface area contributed by atoms with Crippen molar-refractivity contribution in [1.82, 2.24) is 0 Å². The van der Waals surface area contributed by atoms with Crippen LogP contribution in [0, 0.1) is 0 Å². The Kier molecular flexibility index (Phi) is 5.11. The Morgan fingerprint density at radius 3 is 2.58 bits per heavy atom. The Morgan fingerprint density at radius 2 is 1.84 bits per heavy atom. The number of benzene rings is 2. The zero-order valence-electron chi connectivity index (χ0n) is 11.5. The molecular weight excluding hydrogens is 256 g/mol. The summed E-state index contributed by atoms with van der Waals surface area (Å²) in [5.74, 6) is 0.658. The second-order valence-corrected chi connectivity index (χ2v) is 6.40. The smallest absolute Gasteiger partial charge is 0.0530 e. The number of hydrogen-bond donors (Lipinski definition) is 0. The van der Waals surface area contributed by atoms with E-state index in [0.717, 1.165) is 16.7 Å². The van der Waals surface area contributed by atoms with E-state index in [-0.39, 0.29) is 6.10 Å². The minimum Gasteiger partial charge on any atom is -0.379 e. The first-order valence-corrected chi connectivity index (χ1v) is 7.97. The van der Waals surface area contributed by atoms with E-state index in [1.54, 1.807) is 0 Å². The molecule has 2 nitrogen and oxygen atoms in total. The molecular formula is C16H20O2S. The predicted molar refractivity (Wildman–Crippen MR) is 80.9 cm³/mol. The van der Waals surface area contributed by atoms with Crippen molar-refractivity contribution in [3.8, 4) is 0 Å². The van der Waals surface area contributed by atoms with E-state index in [0.29, 0.717) is 12.4 Å². The molecule has 0 saturated heterocycles. The van der Waals surface area contributed by atoms with Crippen LogP contribution in [0.4, 0.5) is 0 Å². The van der Waals surface area contributed by atoms with Crippen LogP contribution in [-0.2, 0) is 15.5 Å². The summed E-state index contributed by atoms with van der Waals surface area (Å²) in [6.07, 6.45) is 1.08. The summed E-state index contributed by atoms with van der Waals surface area (Å²) >= 11 is 0. The molecule has 0 N–H and O–H groups in total. The lowest BCUT2D eigenvalue weighted by molar-refractivity contribution is 0.0798. The van der Waals surface area contributed by atoms with E-state index in [9.17, 15) is 4.21 Å². The van der Waals surface area contributed by atoms with Gasteiger partial charge in [0, 0.05) is 17.3 Å². The van der Waals surface area contributed by atoms with Crippen LogP contribution in [0.25, 0.3) is 10.8 Å². The van der Waals surface area contributed by atoms with Gasteiger partial charge in [0.05, 0.1) is 16.9 Å². The lowest BCUT2D eigenvalue weighted by Gasteiger charge is -2.07. The average molecular weight is 276 g/mol.